The van der Waals surface area contributed by atoms with Gasteiger partial charge in [0.1, 0.15) is 11.2 Å². The van der Waals surface area contributed by atoms with E-state index in [2.05, 4.69) is 119 Å². The number of rotatable bonds is 3. The Morgan fingerprint density at radius 2 is 1.52 bits per heavy atom. The maximum Gasteiger partial charge on any atom is 0.136 e. The number of aromatic nitrogens is 1. The molecule has 0 spiro atoms. The van der Waals surface area contributed by atoms with Crippen molar-refractivity contribution in [3.8, 4) is 11.1 Å². The van der Waals surface area contributed by atoms with E-state index < -0.39 is 0 Å². The Labute approximate surface area is 200 Å². The number of nitrogens with zero attached hydrogens (tertiary/aromatic N) is 1. The third-order valence-electron chi connectivity index (χ3n) is 6.33. The zero-order valence-corrected chi connectivity index (χ0v) is 20.1. The number of fused-ring (bicyclic) bond motifs is 6. The Kier molecular flexibility index (Phi) is 4.74. The number of para-hydroxylation sites is 1. The van der Waals surface area contributed by atoms with Crippen molar-refractivity contribution in [2.24, 2.45) is 0 Å². The van der Waals surface area contributed by atoms with Gasteiger partial charge < -0.3 is 8.98 Å². The van der Waals surface area contributed by atoms with Crippen molar-refractivity contribution in [2.45, 2.75) is 13.8 Å². The van der Waals surface area contributed by atoms with Crippen LogP contribution in [0.4, 0.5) is 0 Å². The van der Waals surface area contributed by atoms with Gasteiger partial charge >= 0.3 is 0 Å². The smallest absolute Gasteiger partial charge is 0.136 e. The summed E-state index contributed by atoms with van der Waals surface area (Å²) in [4.78, 5) is 0. The first kappa shape index (κ1) is 20.1. The van der Waals surface area contributed by atoms with Crippen molar-refractivity contribution in [1.82, 2.24) is 4.57 Å². The van der Waals surface area contributed by atoms with E-state index in [9.17, 15) is 0 Å². The van der Waals surface area contributed by atoms with Crippen LogP contribution >= 0.6 is 15.9 Å². The summed E-state index contributed by atoms with van der Waals surface area (Å²) in [5.41, 5.74) is 7.75. The molecule has 2 heterocycles. The Bertz CT molecular complexity index is 1750. The van der Waals surface area contributed by atoms with E-state index in [-0.39, 0.29) is 0 Å². The molecule has 0 aliphatic carbocycles. The highest BCUT2D eigenvalue weighted by Gasteiger charge is 2.14. The van der Waals surface area contributed by atoms with Crippen molar-refractivity contribution in [1.29, 1.82) is 0 Å². The molecule has 3 heteroatoms. The van der Waals surface area contributed by atoms with Crippen LogP contribution in [0.1, 0.15) is 13.8 Å². The van der Waals surface area contributed by atoms with Crippen LogP contribution < -0.4 is 0 Å². The summed E-state index contributed by atoms with van der Waals surface area (Å²) in [6, 6.07) is 28.0. The molecule has 0 atom stereocenters. The van der Waals surface area contributed by atoms with Crippen molar-refractivity contribution in [3.63, 3.8) is 0 Å². The summed E-state index contributed by atoms with van der Waals surface area (Å²) < 4.78 is 9.56. The Morgan fingerprint density at radius 3 is 2.36 bits per heavy atom. The van der Waals surface area contributed by atoms with E-state index in [0.29, 0.717) is 0 Å². The second-order valence-corrected chi connectivity index (χ2v) is 9.17. The van der Waals surface area contributed by atoms with E-state index in [0.717, 1.165) is 32.0 Å². The molecule has 0 bridgehead atoms. The van der Waals surface area contributed by atoms with Crippen LogP contribution in [0.15, 0.2) is 106 Å². The van der Waals surface area contributed by atoms with Crippen LogP contribution in [-0.4, -0.2) is 4.57 Å². The minimum atomic E-state index is 0.909. The van der Waals surface area contributed by atoms with Gasteiger partial charge in [0.2, 0.25) is 0 Å². The molecule has 2 aromatic heterocycles. The molecule has 0 amide bonds. The zero-order valence-electron chi connectivity index (χ0n) is 18.5. The van der Waals surface area contributed by atoms with Gasteiger partial charge in [-0.15, -0.1) is 0 Å². The third-order valence-corrected chi connectivity index (χ3v) is 6.82. The van der Waals surface area contributed by atoms with Gasteiger partial charge in [-0.3, -0.25) is 0 Å². The number of hydrogen-bond donors (Lipinski definition) is 0. The average molecular weight is 492 g/mol. The van der Waals surface area contributed by atoms with Crippen molar-refractivity contribution >= 4 is 65.4 Å². The maximum atomic E-state index is 6.16. The van der Waals surface area contributed by atoms with E-state index in [1.165, 1.54) is 33.1 Å². The van der Waals surface area contributed by atoms with E-state index in [4.69, 9.17) is 4.42 Å². The van der Waals surface area contributed by atoms with Gasteiger partial charge in [0, 0.05) is 31.7 Å². The lowest BCUT2D eigenvalue weighted by molar-refractivity contribution is 0.669. The van der Waals surface area contributed by atoms with Gasteiger partial charge in [-0.1, -0.05) is 58.4 Å². The molecule has 0 N–H and O–H groups in total. The first-order chi connectivity index (χ1) is 16.2. The minimum Gasteiger partial charge on any atom is -0.456 e. The average Bonchev–Trinajstić information content (AvgIpc) is 3.37. The quantitative estimate of drug-likeness (QED) is 0.225. The number of benzene rings is 4. The van der Waals surface area contributed by atoms with E-state index in [1.54, 1.807) is 0 Å². The molecule has 4 aromatic carbocycles. The molecule has 0 fully saturated rings. The summed E-state index contributed by atoms with van der Waals surface area (Å²) in [5.74, 6) is 0. The summed E-state index contributed by atoms with van der Waals surface area (Å²) in [7, 11) is 0. The maximum absolute atomic E-state index is 6.16. The molecule has 160 valence electrons. The number of furan rings is 1. The van der Waals surface area contributed by atoms with Crippen molar-refractivity contribution < 1.29 is 4.42 Å². The van der Waals surface area contributed by atoms with Crippen LogP contribution in [0.3, 0.4) is 0 Å². The fourth-order valence-electron chi connectivity index (χ4n) is 4.83. The SMILES string of the molecule is C/C=C\C(=C/C)n1c2ccccc2c2cc(-c3ccc4c(c3)oc3ccc(Br)cc34)ccc21. The molecule has 0 saturated carbocycles. The molecular weight excluding hydrogens is 470 g/mol. The first-order valence-corrected chi connectivity index (χ1v) is 11.9. The zero-order chi connectivity index (χ0) is 22.5. The van der Waals surface area contributed by atoms with Gasteiger partial charge in [0.25, 0.3) is 0 Å². The van der Waals surface area contributed by atoms with Crippen LogP contribution in [0, 0.1) is 0 Å². The highest BCUT2D eigenvalue weighted by molar-refractivity contribution is 9.10. The fraction of sp³-hybridized carbons (Fsp3) is 0.0667. The Balaban J connectivity index is 1.57. The standard InChI is InChI=1S/C30H22BrNO/c1-3-7-22(4-2)32-27-9-6-5-8-23(27)25-16-19(11-14-28(25)32)20-10-13-24-26-18-21(31)12-15-29(26)33-30(24)17-20/h3-18H,1-2H3/b7-3-,22-4+. The predicted octanol–water partition coefficient (Wildman–Crippen LogP) is 9.56. The van der Waals surface area contributed by atoms with Crippen LogP contribution in [0.5, 0.6) is 0 Å². The van der Waals surface area contributed by atoms with Gasteiger partial charge in [0.15, 0.2) is 0 Å². The molecule has 0 aliphatic heterocycles. The lowest BCUT2D eigenvalue weighted by Gasteiger charge is -2.09. The minimum absolute atomic E-state index is 0.909. The monoisotopic (exact) mass is 491 g/mol. The molecule has 6 aromatic rings. The predicted molar refractivity (Wildman–Crippen MR) is 145 cm³/mol. The number of allylic oxidation sites excluding steroid dienone is 4. The van der Waals surface area contributed by atoms with Gasteiger partial charge in [-0.2, -0.15) is 0 Å². The lowest BCUT2D eigenvalue weighted by atomic mass is 10.0. The first-order valence-electron chi connectivity index (χ1n) is 11.1. The summed E-state index contributed by atoms with van der Waals surface area (Å²) in [6.07, 6.45) is 6.41. The molecule has 0 aliphatic rings. The molecule has 0 unspecified atom stereocenters. The second-order valence-electron chi connectivity index (χ2n) is 8.25. The highest BCUT2D eigenvalue weighted by Crippen LogP contribution is 2.37. The molecule has 6 rings (SSSR count). The van der Waals surface area contributed by atoms with Crippen LogP contribution in [0.25, 0.3) is 60.6 Å². The van der Waals surface area contributed by atoms with Gasteiger partial charge in [-0.05, 0) is 79.6 Å². The van der Waals surface area contributed by atoms with Crippen LogP contribution in [-0.2, 0) is 0 Å². The number of halogens is 1. The number of hydrogen-bond acceptors (Lipinski definition) is 1. The topological polar surface area (TPSA) is 18.1 Å². The lowest BCUT2D eigenvalue weighted by Crippen LogP contribution is -1.94. The second kappa shape index (κ2) is 7.79. The Morgan fingerprint density at radius 1 is 0.727 bits per heavy atom. The van der Waals surface area contributed by atoms with Gasteiger partial charge in [0.05, 0.1) is 11.0 Å². The summed E-state index contributed by atoms with van der Waals surface area (Å²) >= 11 is 3.57. The molecule has 33 heavy (non-hydrogen) atoms. The van der Waals surface area contributed by atoms with E-state index in [1.807, 2.05) is 12.1 Å². The van der Waals surface area contributed by atoms with Gasteiger partial charge in [-0.25, -0.2) is 0 Å². The van der Waals surface area contributed by atoms with Crippen LogP contribution in [0.2, 0.25) is 0 Å². The molecule has 0 saturated heterocycles. The Hall–Kier alpha value is -3.56. The third kappa shape index (κ3) is 3.15. The summed E-state index contributed by atoms with van der Waals surface area (Å²) in [5, 5.41) is 4.78. The fourth-order valence-corrected chi connectivity index (χ4v) is 5.19. The molecular formula is C30H22BrNO. The van der Waals surface area contributed by atoms with Crippen molar-refractivity contribution in [2.75, 3.05) is 0 Å². The summed E-state index contributed by atoms with van der Waals surface area (Å²) in [6.45, 7) is 4.15. The van der Waals surface area contributed by atoms with E-state index >= 15 is 0 Å². The largest absolute Gasteiger partial charge is 0.456 e. The highest BCUT2D eigenvalue weighted by atomic mass is 79.9. The molecule has 0 radical (unpaired) electrons. The molecule has 2 nitrogen and oxygen atoms in total. The van der Waals surface area contributed by atoms with Crippen molar-refractivity contribution in [3.05, 3.63) is 102 Å². The normalized spacial score (nSPS) is 12.8.